The van der Waals surface area contributed by atoms with Gasteiger partial charge in [-0.3, -0.25) is 14.5 Å². The van der Waals surface area contributed by atoms with E-state index in [-0.39, 0.29) is 12.5 Å². The number of rotatable bonds is 6. The van der Waals surface area contributed by atoms with Gasteiger partial charge in [-0.25, -0.2) is 4.79 Å². The van der Waals surface area contributed by atoms with Crippen LogP contribution in [-0.4, -0.2) is 35.8 Å². The highest BCUT2D eigenvalue weighted by atomic mass is 16.2. The van der Waals surface area contributed by atoms with E-state index in [1.165, 1.54) is 0 Å². The third kappa shape index (κ3) is 3.38. The minimum Gasteiger partial charge on any atom is -0.324 e. The summed E-state index contributed by atoms with van der Waals surface area (Å²) in [4.78, 5) is 39.4. The summed E-state index contributed by atoms with van der Waals surface area (Å²) in [7, 11) is 0. The van der Waals surface area contributed by atoms with E-state index < -0.39 is 17.5 Å². The van der Waals surface area contributed by atoms with Crippen LogP contribution in [0.25, 0.3) is 0 Å². The Morgan fingerprint density at radius 1 is 1.14 bits per heavy atom. The highest BCUT2D eigenvalue weighted by Gasteiger charge is 2.55. The largest absolute Gasteiger partial charge is 0.325 e. The zero-order valence-electron chi connectivity index (χ0n) is 16.3. The molecule has 1 atom stereocenters. The van der Waals surface area contributed by atoms with Gasteiger partial charge in [-0.2, -0.15) is 0 Å². The van der Waals surface area contributed by atoms with Gasteiger partial charge in [0.15, 0.2) is 0 Å². The number of fused-ring (bicyclic) bond motifs is 2. The topological polar surface area (TPSA) is 90.5 Å². The molecule has 3 N–H and O–H groups in total. The molecule has 0 bridgehead atoms. The first-order valence-corrected chi connectivity index (χ1v) is 9.86. The normalized spacial score (nSPS) is 20.1. The van der Waals surface area contributed by atoms with E-state index in [0.29, 0.717) is 18.7 Å². The Morgan fingerprint density at radius 2 is 1.90 bits per heavy atom. The first-order chi connectivity index (χ1) is 14.0. The van der Waals surface area contributed by atoms with Crippen LogP contribution in [-0.2, 0) is 28.1 Å². The Hall–Kier alpha value is -3.19. The number of nitrogens with one attached hydrogen (secondary N) is 3. The van der Waals surface area contributed by atoms with Gasteiger partial charge >= 0.3 is 6.03 Å². The monoisotopic (exact) mass is 392 g/mol. The molecule has 7 nitrogen and oxygen atoms in total. The van der Waals surface area contributed by atoms with E-state index in [1.54, 1.807) is 0 Å². The molecule has 29 heavy (non-hydrogen) atoms. The lowest BCUT2D eigenvalue weighted by atomic mass is 9.92. The van der Waals surface area contributed by atoms with Crippen molar-refractivity contribution in [2.75, 3.05) is 18.4 Å². The van der Waals surface area contributed by atoms with E-state index in [2.05, 4.69) is 16.0 Å². The lowest BCUT2D eigenvalue weighted by Crippen LogP contribution is -2.43. The number of imide groups is 1. The molecular weight excluding hydrogens is 368 g/mol. The Morgan fingerprint density at radius 3 is 2.72 bits per heavy atom. The van der Waals surface area contributed by atoms with Crippen molar-refractivity contribution >= 4 is 23.5 Å². The summed E-state index contributed by atoms with van der Waals surface area (Å²) < 4.78 is 0. The fourth-order valence-corrected chi connectivity index (χ4v) is 4.12. The SMILES string of the molecule is CCNCc1ccccc1NC(=O)CN1C(=O)NC2(CCc3ccccc32)C1=O. The molecule has 2 aliphatic rings. The Kier molecular flexibility index (Phi) is 5.07. The second-order valence-corrected chi connectivity index (χ2v) is 7.37. The van der Waals surface area contributed by atoms with Crippen molar-refractivity contribution in [2.45, 2.75) is 31.8 Å². The summed E-state index contributed by atoms with van der Waals surface area (Å²) in [5.41, 5.74) is 2.46. The van der Waals surface area contributed by atoms with Crippen LogP contribution in [0.1, 0.15) is 30.0 Å². The highest BCUT2D eigenvalue weighted by molar-refractivity contribution is 6.11. The Labute approximate surface area is 169 Å². The smallest absolute Gasteiger partial charge is 0.324 e. The van der Waals surface area contributed by atoms with Crippen LogP contribution in [0.15, 0.2) is 48.5 Å². The molecule has 0 saturated carbocycles. The maximum atomic E-state index is 13.2. The number of para-hydroxylation sites is 1. The fraction of sp³-hybridized carbons (Fsp3) is 0.318. The van der Waals surface area contributed by atoms with Gasteiger partial charge in [0.25, 0.3) is 5.91 Å². The predicted molar refractivity (Wildman–Crippen MR) is 109 cm³/mol. The molecule has 1 heterocycles. The average molecular weight is 392 g/mol. The van der Waals surface area contributed by atoms with E-state index in [4.69, 9.17) is 0 Å². The second-order valence-electron chi connectivity index (χ2n) is 7.37. The van der Waals surface area contributed by atoms with Gasteiger partial charge in [0.2, 0.25) is 5.91 Å². The molecule has 1 aliphatic heterocycles. The first-order valence-electron chi connectivity index (χ1n) is 9.86. The molecular formula is C22H24N4O3. The minimum absolute atomic E-state index is 0.315. The van der Waals surface area contributed by atoms with Gasteiger partial charge in [-0.05, 0) is 42.1 Å². The van der Waals surface area contributed by atoms with Gasteiger partial charge in [0.05, 0.1) is 0 Å². The van der Waals surface area contributed by atoms with E-state index >= 15 is 0 Å². The lowest BCUT2D eigenvalue weighted by molar-refractivity contribution is -0.134. The van der Waals surface area contributed by atoms with E-state index in [9.17, 15) is 14.4 Å². The number of hydrogen-bond donors (Lipinski definition) is 3. The summed E-state index contributed by atoms with van der Waals surface area (Å²) in [5, 5.41) is 8.90. The molecule has 2 aromatic carbocycles. The van der Waals surface area contributed by atoms with Gasteiger partial charge in [0.1, 0.15) is 12.1 Å². The molecule has 0 aromatic heterocycles. The molecule has 4 rings (SSSR count). The zero-order valence-corrected chi connectivity index (χ0v) is 16.3. The summed E-state index contributed by atoms with van der Waals surface area (Å²) >= 11 is 0. The van der Waals surface area contributed by atoms with Crippen LogP contribution in [0, 0.1) is 0 Å². The number of hydrogen-bond acceptors (Lipinski definition) is 4. The number of urea groups is 1. The van der Waals surface area contributed by atoms with Gasteiger partial charge in [-0.15, -0.1) is 0 Å². The molecule has 1 unspecified atom stereocenters. The number of carbonyl (C=O) groups excluding carboxylic acids is 3. The summed E-state index contributed by atoms with van der Waals surface area (Å²) in [6, 6.07) is 14.6. The third-order valence-electron chi connectivity index (χ3n) is 5.58. The summed E-state index contributed by atoms with van der Waals surface area (Å²) in [5.74, 6) is -0.760. The molecule has 1 fully saturated rings. The van der Waals surface area contributed by atoms with E-state index in [1.807, 2.05) is 55.5 Å². The van der Waals surface area contributed by atoms with Crippen molar-refractivity contribution in [3.63, 3.8) is 0 Å². The van der Waals surface area contributed by atoms with Crippen LogP contribution in [0.4, 0.5) is 10.5 Å². The van der Waals surface area contributed by atoms with Gasteiger partial charge in [-0.1, -0.05) is 49.4 Å². The van der Waals surface area contributed by atoms with Crippen LogP contribution >= 0.6 is 0 Å². The number of aryl methyl sites for hydroxylation is 1. The number of carbonyl (C=O) groups is 3. The molecule has 1 saturated heterocycles. The maximum Gasteiger partial charge on any atom is 0.325 e. The molecule has 2 aromatic rings. The molecule has 4 amide bonds. The molecule has 150 valence electrons. The van der Waals surface area contributed by atoms with Crippen molar-refractivity contribution in [1.29, 1.82) is 0 Å². The first kappa shape index (κ1) is 19.1. The fourth-order valence-electron chi connectivity index (χ4n) is 4.12. The van der Waals surface area contributed by atoms with Gasteiger partial charge < -0.3 is 16.0 Å². The number of benzene rings is 2. The standard InChI is InChI=1S/C22H24N4O3/c1-2-23-13-16-8-4-6-10-18(16)24-19(27)14-26-20(28)22(25-21(26)29)12-11-15-7-3-5-9-17(15)22/h3-10,23H,2,11-14H2,1H3,(H,24,27)(H,25,29). The third-order valence-corrected chi connectivity index (χ3v) is 5.58. The number of amides is 4. The van der Waals surface area contributed by atoms with Crippen LogP contribution in [0.2, 0.25) is 0 Å². The number of anilines is 1. The average Bonchev–Trinajstić information content (AvgIpc) is 3.21. The van der Waals surface area contributed by atoms with Crippen molar-refractivity contribution in [2.24, 2.45) is 0 Å². The van der Waals surface area contributed by atoms with Gasteiger partial charge in [0, 0.05) is 12.2 Å². The summed E-state index contributed by atoms with van der Waals surface area (Å²) in [6.45, 7) is 3.13. The molecule has 0 radical (unpaired) electrons. The maximum absolute atomic E-state index is 13.2. The van der Waals surface area contributed by atoms with Crippen LogP contribution < -0.4 is 16.0 Å². The van der Waals surface area contributed by atoms with Crippen LogP contribution in [0.5, 0.6) is 0 Å². The van der Waals surface area contributed by atoms with Crippen molar-refractivity contribution in [3.05, 3.63) is 65.2 Å². The minimum atomic E-state index is -1.04. The molecule has 1 spiro atoms. The predicted octanol–water partition coefficient (Wildman–Crippen LogP) is 2.13. The highest BCUT2D eigenvalue weighted by Crippen LogP contribution is 2.41. The zero-order chi connectivity index (χ0) is 20.4. The van der Waals surface area contributed by atoms with E-state index in [0.717, 1.165) is 34.6 Å². The van der Waals surface area contributed by atoms with Crippen molar-refractivity contribution in [3.8, 4) is 0 Å². The van der Waals surface area contributed by atoms with Crippen LogP contribution in [0.3, 0.4) is 0 Å². The van der Waals surface area contributed by atoms with Crippen molar-refractivity contribution < 1.29 is 14.4 Å². The Balaban J connectivity index is 1.49. The molecule has 1 aliphatic carbocycles. The quantitative estimate of drug-likeness (QED) is 0.657. The molecule has 7 heteroatoms. The summed E-state index contributed by atoms with van der Waals surface area (Å²) in [6.07, 6.45) is 1.24. The Bertz CT molecular complexity index is 974. The van der Waals surface area contributed by atoms with Crippen molar-refractivity contribution in [1.82, 2.24) is 15.5 Å². The second kappa shape index (κ2) is 7.67. The number of nitrogens with zero attached hydrogens (tertiary/aromatic N) is 1. The lowest BCUT2D eigenvalue weighted by Gasteiger charge is -2.22.